The van der Waals surface area contributed by atoms with E-state index in [0.29, 0.717) is 24.1 Å². The first-order valence-corrected chi connectivity index (χ1v) is 10.9. The molecule has 0 bridgehead atoms. The van der Waals surface area contributed by atoms with Gasteiger partial charge in [0.1, 0.15) is 0 Å². The Morgan fingerprint density at radius 3 is 1.94 bits per heavy atom. The molecule has 32 heavy (non-hydrogen) atoms. The fourth-order valence-electron chi connectivity index (χ4n) is 4.28. The first kappa shape index (κ1) is 21.8. The zero-order chi connectivity index (χ0) is 23.0. The standard InChI is InChI=1S/C27H28N2O3/c1-18(30)28(21-14-12-20(13-15-21)27(2,3)4)16-7-17-29-25(31)22-10-5-8-19-9-6-11-23(24(19)22)26(29)32/h5-6,8-15H,7,16-17H2,1-4H3. The van der Waals surface area contributed by atoms with Gasteiger partial charge in [-0.2, -0.15) is 0 Å². The van der Waals surface area contributed by atoms with Crippen LogP contribution in [0.15, 0.2) is 60.7 Å². The molecule has 0 fully saturated rings. The Hall–Kier alpha value is -3.47. The topological polar surface area (TPSA) is 57.7 Å². The molecular weight excluding hydrogens is 400 g/mol. The van der Waals surface area contributed by atoms with Crippen molar-refractivity contribution in [3.05, 3.63) is 77.4 Å². The molecule has 5 heteroatoms. The van der Waals surface area contributed by atoms with Crippen LogP contribution in [0.1, 0.15) is 60.4 Å². The molecule has 0 unspecified atom stereocenters. The Bertz CT molecular complexity index is 1160. The molecule has 0 saturated carbocycles. The van der Waals surface area contributed by atoms with Crippen LogP contribution < -0.4 is 4.90 Å². The van der Waals surface area contributed by atoms with Gasteiger partial charge in [-0.1, -0.05) is 57.2 Å². The zero-order valence-corrected chi connectivity index (χ0v) is 19.0. The molecule has 164 valence electrons. The molecule has 4 rings (SSSR count). The summed E-state index contributed by atoms with van der Waals surface area (Å²) in [5.74, 6) is -0.619. The predicted molar refractivity (Wildman–Crippen MR) is 127 cm³/mol. The highest BCUT2D eigenvalue weighted by molar-refractivity contribution is 6.25. The number of hydrogen-bond acceptors (Lipinski definition) is 3. The van der Waals surface area contributed by atoms with Gasteiger partial charge >= 0.3 is 0 Å². The fraction of sp³-hybridized carbons (Fsp3) is 0.296. The molecular formula is C27H28N2O3. The minimum Gasteiger partial charge on any atom is -0.313 e. The van der Waals surface area contributed by atoms with Crippen LogP contribution in [0.5, 0.6) is 0 Å². The molecule has 0 aromatic heterocycles. The van der Waals surface area contributed by atoms with Gasteiger partial charge in [0.05, 0.1) is 0 Å². The van der Waals surface area contributed by atoms with Crippen LogP contribution in [-0.4, -0.2) is 35.7 Å². The summed E-state index contributed by atoms with van der Waals surface area (Å²) in [7, 11) is 0. The van der Waals surface area contributed by atoms with Gasteiger partial charge in [0, 0.05) is 42.2 Å². The quantitative estimate of drug-likeness (QED) is 0.527. The van der Waals surface area contributed by atoms with Crippen molar-refractivity contribution < 1.29 is 14.4 Å². The molecule has 1 aliphatic rings. The summed E-state index contributed by atoms with van der Waals surface area (Å²) in [5, 5.41) is 1.62. The van der Waals surface area contributed by atoms with E-state index in [9.17, 15) is 14.4 Å². The number of rotatable bonds is 5. The first-order valence-electron chi connectivity index (χ1n) is 10.9. The van der Waals surface area contributed by atoms with Crippen LogP contribution in [0.25, 0.3) is 10.8 Å². The number of imide groups is 1. The lowest BCUT2D eigenvalue weighted by Gasteiger charge is -2.28. The molecule has 3 aromatic carbocycles. The second kappa shape index (κ2) is 8.23. The average Bonchev–Trinajstić information content (AvgIpc) is 2.76. The lowest BCUT2D eigenvalue weighted by atomic mass is 9.87. The number of hydrogen-bond donors (Lipinski definition) is 0. The van der Waals surface area contributed by atoms with Gasteiger partial charge in [0.25, 0.3) is 11.8 Å². The number of carbonyl (C=O) groups is 3. The van der Waals surface area contributed by atoms with Gasteiger partial charge in [-0.25, -0.2) is 0 Å². The highest BCUT2D eigenvalue weighted by Crippen LogP contribution is 2.30. The maximum absolute atomic E-state index is 13.0. The predicted octanol–water partition coefficient (Wildman–Crippen LogP) is 5.18. The second-order valence-corrected chi connectivity index (χ2v) is 9.29. The van der Waals surface area contributed by atoms with E-state index in [1.165, 1.54) is 17.4 Å². The molecule has 5 nitrogen and oxygen atoms in total. The van der Waals surface area contributed by atoms with Crippen LogP contribution in [0, 0.1) is 0 Å². The number of amides is 3. The molecule has 1 aliphatic heterocycles. The van der Waals surface area contributed by atoms with Crippen LogP contribution in [0.2, 0.25) is 0 Å². The zero-order valence-electron chi connectivity index (χ0n) is 19.0. The number of anilines is 1. The van der Waals surface area contributed by atoms with Gasteiger partial charge in [-0.15, -0.1) is 0 Å². The Kier molecular flexibility index (Phi) is 5.59. The van der Waals surface area contributed by atoms with Crippen molar-refractivity contribution in [2.75, 3.05) is 18.0 Å². The molecule has 0 spiro atoms. The van der Waals surface area contributed by atoms with Crippen molar-refractivity contribution in [1.29, 1.82) is 0 Å². The average molecular weight is 429 g/mol. The van der Waals surface area contributed by atoms with Gasteiger partial charge < -0.3 is 4.90 Å². The fourth-order valence-corrected chi connectivity index (χ4v) is 4.28. The Morgan fingerprint density at radius 2 is 1.44 bits per heavy atom. The minimum absolute atomic E-state index is 0.0354. The summed E-state index contributed by atoms with van der Waals surface area (Å²) in [6, 6.07) is 19.0. The lowest BCUT2D eigenvalue weighted by Crippen LogP contribution is -2.42. The highest BCUT2D eigenvalue weighted by Gasteiger charge is 2.32. The highest BCUT2D eigenvalue weighted by atomic mass is 16.2. The molecule has 3 amide bonds. The van der Waals surface area contributed by atoms with Crippen molar-refractivity contribution in [3.63, 3.8) is 0 Å². The molecule has 0 aliphatic carbocycles. The second-order valence-electron chi connectivity index (χ2n) is 9.29. The summed E-state index contributed by atoms with van der Waals surface area (Å²) < 4.78 is 0. The van der Waals surface area contributed by atoms with Gasteiger partial charge in [-0.05, 0) is 47.1 Å². The van der Waals surface area contributed by atoms with E-state index in [1.54, 1.807) is 17.0 Å². The largest absolute Gasteiger partial charge is 0.313 e. The number of nitrogens with zero attached hydrogens (tertiary/aromatic N) is 2. The maximum Gasteiger partial charge on any atom is 0.261 e. The molecule has 0 atom stereocenters. The molecule has 3 aromatic rings. The van der Waals surface area contributed by atoms with Gasteiger partial charge in [0.2, 0.25) is 5.91 Å². The van der Waals surface area contributed by atoms with E-state index in [4.69, 9.17) is 0 Å². The summed E-state index contributed by atoms with van der Waals surface area (Å²) in [4.78, 5) is 41.4. The smallest absolute Gasteiger partial charge is 0.261 e. The minimum atomic E-state index is -0.275. The summed E-state index contributed by atoms with van der Waals surface area (Å²) in [6.45, 7) is 8.66. The van der Waals surface area contributed by atoms with E-state index in [0.717, 1.165) is 16.5 Å². The Balaban J connectivity index is 1.50. The van der Waals surface area contributed by atoms with Gasteiger partial charge in [-0.3, -0.25) is 19.3 Å². The first-order chi connectivity index (χ1) is 15.2. The van der Waals surface area contributed by atoms with Crippen LogP contribution in [0.3, 0.4) is 0 Å². The van der Waals surface area contributed by atoms with E-state index in [2.05, 4.69) is 20.8 Å². The lowest BCUT2D eigenvalue weighted by molar-refractivity contribution is -0.116. The summed E-state index contributed by atoms with van der Waals surface area (Å²) in [5.41, 5.74) is 3.16. The third kappa shape index (κ3) is 3.91. The third-order valence-corrected chi connectivity index (χ3v) is 6.04. The van der Waals surface area contributed by atoms with E-state index in [1.807, 2.05) is 48.5 Å². The van der Waals surface area contributed by atoms with Crippen LogP contribution in [-0.2, 0) is 10.2 Å². The normalized spacial score (nSPS) is 13.6. The Morgan fingerprint density at radius 1 is 0.875 bits per heavy atom. The maximum atomic E-state index is 13.0. The summed E-state index contributed by atoms with van der Waals surface area (Å²) in [6.07, 6.45) is 0.496. The van der Waals surface area contributed by atoms with Gasteiger partial charge in [0.15, 0.2) is 0 Å². The molecule has 0 N–H and O–H groups in total. The van der Waals surface area contributed by atoms with Crippen molar-refractivity contribution in [2.24, 2.45) is 0 Å². The SMILES string of the molecule is CC(=O)N(CCCN1C(=O)c2cccc3cccc(c23)C1=O)c1ccc(C(C)(C)C)cc1. The monoisotopic (exact) mass is 428 g/mol. The number of carbonyl (C=O) groups excluding carboxylic acids is 3. The molecule has 0 saturated heterocycles. The van der Waals surface area contributed by atoms with Crippen molar-refractivity contribution in [1.82, 2.24) is 4.90 Å². The van der Waals surface area contributed by atoms with E-state index in [-0.39, 0.29) is 29.7 Å². The molecule has 1 heterocycles. The van der Waals surface area contributed by atoms with E-state index < -0.39 is 0 Å². The number of benzene rings is 3. The van der Waals surface area contributed by atoms with Crippen molar-refractivity contribution in [2.45, 2.75) is 39.5 Å². The van der Waals surface area contributed by atoms with Crippen molar-refractivity contribution in [3.8, 4) is 0 Å². The Labute approximate surface area is 188 Å². The van der Waals surface area contributed by atoms with Crippen molar-refractivity contribution >= 4 is 34.2 Å². The van der Waals surface area contributed by atoms with E-state index >= 15 is 0 Å². The van der Waals surface area contributed by atoms with Crippen LogP contribution >= 0.6 is 0 Å². The van der Waals surface area contributed by atoms with Crippen LogP contribution in [0.4, 0.5) is 5.69 Å². The summed E-state index contributed by atoms with van der Waals surface area (Å²) >= 11 is 0. The molecule has 0 radical (unpaired) electrons. The third-order valence-electron chi connectivity index (χ3n) is 6.04.